The first kappa shape index (κ1) is 15.5. The van der Waals surface area contributed by atoms with Crippen molar-refractivity contribution in [1.82, 2.24) is 10.6 Å². The topological polar surface area (TPSA) is 45.7 Å². The minimum Gasteiger partial charge on any atom is -0.380 e. The molecule has 0 amide bonds. The highest BCUT2D eigenvalue weighted by molar-refractivity contribution is 5.80. The van der Waals surface area contributed by atoms with E-state index in [-0.39, 0.29) is 5.54 Å². The lowest BCUT2D eigenvalue weighted by molar-refractivity contribution is 0.185. The van der Waals surface area contributed by atoms with Crippen molar-refractivity contribution in [2.45, 2.75) is 39.5 Å². The molecule has 0 unspecified atom stereocenters. The number of nitrogens with one attached hydrogen (secondary N) is 2. The predicted molar refractivity (Wildman–Crippen MR) is 80.2 cm³/mol. The molecule has 1 rings (SSSR count). The molecule has 4 nitrogen and oxygen atoms in total. The van der Waals surface area contributed by atoms with Crippen molar-refractivity contribution in [3.8, 4) is 0 Å². The lowest BCUT2D eigenvalue weighted by atomic mass is 10.1. The van der Waals surface area contributed by atoms with Gasteiger partial charge in [0.25, 0.3) is 0 Å². The van der Waals surface area contributed by atoms with Crippen LogP contribution in [0.15, 0.2) is 29.3 Å². The average Bonchev–Trinajstić information content (AvgIpc) is 2.34. The Hall–Kier alpha value is -1.55. The normalized spacial score (nSPS) is 12.4. The van der Waals surface area contributed by atoms with E-state index in [0.717, 1.165) is 12.5 Å². The van der Waals surface area contributed by atoms with Crippen molar-refractivity contribution >= 4 is 5.96 Å². The van der Waals surface area contributed by atoms with Gasteiger partial charge in [-0.15, -0.1) is 0 Å². The van der Waals surface area contributed by atoms with E-state index in [2.05, 4.69) is 54.6 Å². The molecule has 0 radical (unpaired) electrons. The molecule has 0 aliphatic heterocycles. The molecule has 1 aromatic rings. The Bertz CT molecular complexity index is 422. The Morgan fingerprint density at radius 1 is 1.26 bits per heavy atom. The highest BCUT2D eigenvalue weighted by Gasteiger charge is 2.11. The van der Waals surface area contributed by atoms with E-state index in [4.69, 9.17) is 4.74 Å². The van der Waals surface area contributed by atoms with Gasteiger partial charge in [-0.05, 0) is 31.9 Å². The molecular formula is C15H25N3O. The zero-order valence-corrected chi connectivity index (χ0v) is 12.6. The number of hydrogen-bond acceptors (Lipinski definition) is 2. The van der Waals surface area contributed by atoms with Gasteiger partial charge in [-0.3, -0.25) is 4.99 Å². The van der Waals surface area contributed by atoms with Gasteiger partial charge in [0.1, 0.15) is 0 Å². The summed E-state index contributed by atoms with van der Waals surface area (Å²) in [4.78, 5) is 4.22. The number of nitrogens with zero attached hydrogens (tertiary/aromatic N) is 1. The SMILES string of the molecule is CN=C(NCc1cccc(COC)c1)NC(C)(C)C. The van der Waals surface area contributed by atoms with E-state index in [9.17, 15) is 0 Å². The van der Waals surface area contributed by atoms with Gasteiger partial charge in [0.15, 0.2) is 5.96 Å². The molecule has 0 aliphatic rings. The predicted octanol–water partition coefficient (Wildman–Crippen LogP) is 2.30. The summed E-state index contributed by atoms with van der Waals surface area (Å²) in [5.74, 6) is 0.810. The molecule has 0 aromatic heterocycles. The number of benzene rings is 1. The molecule has 0 atom stereocenters. The summed E-state index contributed by atoms with van der Waals surface area (Å²) < 4.78 is 5.14. The van der Waals surface area contributed by atoms with E-state index < -0.39 is 0 Å². The van der Waals surface area contributed by atoms with Crippen LogP contribution in [-0.4, -0.2) is 25.7 Å². The number of methoxy groups -OCH3 is 1. The number of ether oxygens (including phenoxy) is 1. The summed E-state index contributed by atoms with van der Waals surface area (Å²) in [7, 11) is 3.49. The lowest BCUT2D eigenvalue weighted by Gasteiger charge is -2.23. The quantitative estimate of drug-likeness (QED) is 0.647. The lowest BCUT2D eigenvalue weighted by Crippen LogP contribution is -2.47. The smallest absolute Gasteiger partial charge is 0.191 e. The van der Waals surface area contributed by atoms with Gasteiger partial charge >= 0.3 is 0 Å². The minimum absolute atomic E-state index is 0.000256. The summed E-state index contributed by atoms with van der Waals surface area (Å²) in [6.07, 6.45) is 0. The van der Waals surface area contributed by atoms with E-state index in [1.165, 1.54) is 11.1 Å². The van der Waals surface area contributed by atoms with Crippen LogP contribution in [0, 0.1) is 0 Å². The molecular weight excluding hydrogens is 238 g/mol. The summed E-state index contributed by atoms with van der Waals surface area (Å²) >= 11 is 0. The van der Waals surface area contributed by atoms with Crippen LogP contribution in [0.3, 0.4) is 0 Å². The second kappa shape index (κ2) is 7.14. The highest BCUT2D eigenvalue weighted by Crippen LogP contribution is 2.06. The van der Waals surface area contributed by atoms with Crippen LogP contribution in [-0.2, 0) is 17.9 Å². The Labute approximate surface area is 116 Å². The second-order valence-corrected chi connectivity index (χ2v) is 5.55. The Morgan fingerprint density at radius 2 is 1.95 bits per heavy atom. The van der Waals surface area contributed by atoms with Crippen LogP contribution >= 0.6 is 0 Å². The first-order valence-electron chi connectivity index (χ1n) is 6.50. The fraction of sp³-hybridized carbons (Fsp3) is 0.533. The summed E-state index contributed by atoms with van der Waals surface area (Å²) in [6, 6.07) is 8.35. The molecule has 0 bridgehead atoms. The average molecular weight is 263 g/mol. The number of guanidine groups is 1. The van der Waals surface area contributed by atoms with Crippen LogP contribution in [0.5, 0.6) is 0 Å². The van der Waals surface area contributed by atoms with Gasteiger partial charge in [-0.25, -0.2) is 0 Å². The zero-order chi connectivity index (χ0) is 14.3. The molecule has 1 aromatic carbocycles. The number of hydrogen-bond donors (Lipinski definition) is 2. The standard InChI is InChI=1S/C15H25N3O/c1-15(2,3)18-14(16-4)17-10-12-7-6-8-13(9-12)11-19-5/h6-9H,10-11H2,1-5H3,(H2,16,17,18). The third-order valence-electron chi connectivity index (χ3n) is 2.48. The maximum atomic E-state index is 5.14. The van der Waals surface area contributed by atoms with Gasteiger partial charge in [0.05, 0.1) is 6.61 Å². The van der Waals surface area contributed by atoms with Gasteiger partial charge in [0.2, 0.25) is 0 Å². The Balaban J connectivity index is 2.58. The Kier molecular flexibility index (Phi) is 5.83. The number of aliphatic imine (C=N–C) groups is 1. The van der Waals surface area contributed by atoms with Crippen molar-refractivity contribution < 1.29 is 4.74 Å². The van der Waals surface area contributed by atoms with Crippen molar-refractivity contribution in [3.05, 3.63) is 35.4 Å². The molecule has 106 valence electrons. The Morgan fingerprint density at radius 3 is 2.53 bits per heavy atom. The fourth-order valence-electron chi connectivity index (χ4n) is 1.72. The molecule has 0 fully saturated rings. The van der Waals surface area contributed by atoms with E-state index in [0.29, 0.717) is 6.61 Å². The highest BCUT2D eigenvalue weighted by atomic mass is 16.5. The van der Waals surface area contributed by atoms with Crippen molar-refractivity contribution in [2.24, 2.45) is 4.99 Å². The minimum atomic E-state index is -0.000256. The maximum absolute atomic E-state index is 5.14. The second-order valence-electron chi connectivity index (χ2n) is 5.55. The largest absolute Gasteiger partial charge is 0.380 e. The molecule has 0 saturated carbocycles. The monoisotopic (exact) mass is 263 g/mol. The van der Waals surface area contributed by atoms with E-state index >= 15 is 0 Å². The maximum Gasteiger partial charge on any atom is 0.191 e. The van der Waals surface area contributed by atoms with Crippen molar-refractivity contribution in [3.63, 3.8) is 0 Å². The fourth-order valence-corrected chi connectivity index (χ4v) is 1.72. The van der Waals surface area contributed by atoms with Crippen LogP contribution in [0.1, 0.15) is 31.9 Å². The van der Waals surface area contributed by atoms with Crippen LogP contribution in [0.25, 0.3) is 0 Å². The molecule has 2 N–H and O–H groups in total. The van der Waals surface area contributed by atoms with E-state index in [1.54, 1.807) is 14.2 Å². The number of rotatable bonds is 4. The molecule has 0 saturated heterocycles. The summed E-state index contributed by atoms with van der Waals surface area (Å²) in [5.41, 5.74) is 2.40. The molecule has 0 aliphatic carbocycles. The zero-order valence-electron chi connectivity index (χ0n) is 12.6. The summed E-state index contributed by atoms with van der Waals surface area (Å²) in [6.45, 7) is 7.72. The molecule has 4 heteroatoms. The van der Waals surface area contributed by atoms with Gasteiger partial charge in [0, 0.05) is 26.2 Å². The van der Waals surface area contributed by atoms with Gasteiger partial charge < -0.3 is 15.4 Å². The van der Waals surface area contributed by atoms with Crippen LogP contribution < -0.4 is 10.6 Å². The first-order chi connectivity index (χ1) is 8.94. The third kappa shape index (κ3) is 6.25. The van der Waals surface area contributed by atoms with Crippen molar-refractivity contribution in [1.29, 1.82) is 0 Å². The first-order valence-corrected chi connectivity index (χ1v) is 6.50. The van der Waals surface area contributed by atoms with Crippen LogP contribution in [0.4, 0.5) is 0 Å². The van der Waals surface area contributed by atoms with Gasteiger partial charge in [-0.1, -0.05) is 24.3 Å². The third-order valence-corrected chi connectivity index (χ3v) is 2.48. The van der Waals surface area contributed by atoms with E-state index in [1.807, 2.05) is 6.07 Å². The molecule has 19 heavy (non-hydrogen) atoms. The molecule has 0 heterocycles. The van der Waals surface area contributed by atoms with Crippen molar-refractivity contribution in [2.75, 3.05) is 14.2 Å². The van der Waals surface area contributed by atoms with Gasteiger partial charge in [-0.2, -0.15) is 0 Å². The van der Waals surface area contributed by atoms with Crippen LogP contribution in [0.2, 0.25) is 0 Å². The summed E-state index contributed by atoms with van der Waals surface area (Å²) in [5, 5.41) is 6.64. The molecule has 0 spiro atoms.